The maximum atomic E-state index is 4.77. The molecule has 0 atom stereocenters. The van der Waals surface area contributed by atoms with E-state index in [9.17, 15) is 0 Å². The van der Waals surface area contributed by atoms with Crippen molar-refractivity contribution in [3.63, 3.8) is 0 Å². The molecule has 5 nitrogen and oxygen atoms in total. The van der Waals surface area contributed by atoms with Crippen LogP contribution in [0.3, 0.4) is 0 Å². The Morgan fingerprint density at radius 3 is 2.38 bits per heavy atom. The van der Waals surface area contributed by atoms with Gasteiger partial charge in [-0.1, -0.05) is 0 Å². The van der Waals surface area contributed by atoms with Crippen molar-refractivity contribution >= 4 is 11.6 Å². The minimum atomic E-state index is 0.585. The molecular formula is C16H27N5. The van der Waals surface area contributed by atoms with Crippen LogP contribution >= 0.6 is 0 Å². The predicted octanol–water partition coefficient (Wildman–Crippen LogP) is 2.46. The van der Waals surface area contributed by atoms with Gasteiger partial charge >= 0.3 is 0 Å². The van der Waals surface area contributed by atoms with Gasteiger partial charge in [-0.2, -0.15) is 0 Å². The van der Waals surface area contributed by atoms with E-state index in [1.807, 2.05) is 7.05 Å². The van der Waals surface area contributed by atoms with Crippen LogP contribution < -0.4 is 10.6 Å². The summed E-state index contributed by atoms with van der Waals surface area (Å²) in [6.07, 6.45) is 5.03. The van der Waals surface area contributed by atoms with Crippen molar-refractivity contribution in [3.05, 3.63) is 11.4 Å². The van der Waals surface area contributed by atoms with Crippen LogP contribution in [0.15, 0.2) is 0 Å². The Morgan fingerprint density at radius 1 is 1.10 bits per heavy atom. The number of nitrogens with zero attached hydrogens (tertiary/aromatic N) is 3. The summed E-state index contributed by atoms with van der Waals surface area (Å²) < 4.78 is 0. The zero-order valence-corrected chi connectivity index (χ0v) is 13.4. The monoisotopic (exact) mass is 289 g/mol. The molecule has 116 valence electrons. The minimum absolute atomic E-state index is 0.585. The van der Waals surface area contributed by atoms with Gasteiger partial charge in [0.2, 0.25) is 0 Å². The first-order valence-corrected chi connectivity index (χ1v) is 8.16. The van der Waals surface area contributed by atoms with Crippen molar-refractivity contribution in [1.29, 1.82) is 0 Å². The number of anilines is 2. The normalized spacial score (nSPS) is 20.5. The predicted molar refractivity (Wildman–Crippen MR) is 87.0 cm³/mol. The van der Waals surface area contributed by atoms with Gasteiger partial charge in [-0.05, 0) is 58.7 Å². The van der Waals surface area contributed by atoms with E-state index in [1.54, 1.807) is 0 Å². The summed E-state index contributed by atoms with van der Waals surface area (Å²) >= 11 is 0. The van der Waals surface area contributed by atoms with Gasteiger partial charge in [-0.3, -0.25) is 0 Å². The topological polar surface area (TPSA) is 53.1 Å². The Morgan fingerprint density at radius 2 is 1.76 bits per heavy atom. The first kappa shape index (κ1) is 14.6. The Hall–Kier alpha value is -1.36. The van der Waals surface area contributed by atoms with Gasteiger partial charge in [0.05, 0.1) is 0 Å². The standard InChI is InChI=1S/C16H27N5/c1-11-14(17-2)19-16(13-4-5-13)20-15(11)18-10-12-6-8-21(3)9-7-12/h12-13H,4-10H2,1-3H3,(H2,17,18,19,20). The summed E-state index contributed by atoms with van der Waals surface area (Å²) in [6.45, 7) is 5.55. The molecule has 1 saturated heterocycles. The molecule has 0 aromatic carbocycles. The minimum Gasteiger partial charge on any atom is -0.373 e. The number of likely N-dealkylation sites (tertiary alicyclic amines) is 1. The Balaban J connectivity index is 1.67. The molecule has 2 fully saturated rings. The smallest absolute Gasteiger partial charge is 0.136 e. The summed E-state index contributed by atoms with van der Waals surface area (Å²) in [5.41, 5.74) is 1.13. The van der Waals surface area contributed by atoms with Crippen LogP contribution in [-0.2, 0) is 0 Å². The van der Waals surface area contributed by atoms with E-state index in [4.69, 9.17) is 4.98 Å². The summed E-state index contributed by atoms with van der Waals surface area (Å²) in [5, 5.41) is 6.79. The Kier molecular flexibility index (Phi) is 4.29. The zero-order chi connectivity index (χ0) is 14.8. The summed E-state index contributed by atoms with van der Waals surface area (Å²) in [5.74, 6) is 4.35. The van der Waals surface area contributed by atoms with Crippen molar-refractivity contribution in [2.24, 2.45) is 5.92 Å². The van der Waals surface area contributed by atoms with E-state index in [0.29, 0.717) is 5.92 Å². The third-order valence-corrected chi connectivity index (χ3v) is 4.74. The van der Waals surface area contributed by atoms with Crippen molar-refractivity contribution in [2.45, 2.75) is 38.5 Å². The van der Waals surface area contributed by atoms with Gasteiger partial charge in [0.25, 0.3) is 0 Å². The molecule has 1 aromatic heterocycles. The Labute approximate surface area is 127 Å². The van der Waals surface area contributed by atoms with E-state index in [1.165, 1.54) is 38.8 Å². The van der Waals surface area contributed by atoms with Gasteiger partial charge in [0.1, 0.15) is 17.5 Å². The largest absolute Gasteiger partial charge is 0.373 e. The molecule has 5 heteroatoms. The number of aromatic nitrogens is 2. The average molecular weight is 289 g/mol. The van der Waals surface area contributed by atoms with Crippen molar-refractivity contribution in [1.82, 2.24) is 14.9 Å². The molecule has 2 heterocycles. The molecule has 1 saturated carbocycles. The number of hydrogen-bond acceptors (Lipinski definition) is 5. The van der Waals surface area contributed by atoms with Gasteiger partial charge in [-0.15, -0.1) is 0 Å². The van der Waals surface area contributed by atoms with Gasteiger partial charge in [-0.25, -0.2) is 9.97 Å². The molecule has 0 spiro atoms. The number of rotatable bonds is 5. The number of hydrogen-bond donors (Lipinski definition) is 2. The van der Waals surface area contributed by atoms with Gasteiger partial charge in [0.15, 0.2) is 0 Å². The van der Waals surface area contributed by atoms with Gasteiger partial charge < -0.3 is 15.5 Å². The second kappa shape index (κ2) is 6.18. The van der Waals surface area contributed by atoms with E-state index in [0.717, 1.165) is 35.5 Å². The lowest BCUT2D eigenvalue weighted by Crippen LogP contribution is -2.33. The molecule has 0 bridgehead atoms. The van der Waals surface area contributed by atoms with Crippen LogP contribution in [-0.4, -0.2) is 48.6 Å². The molecule has 0 unspecified atom stereocenters. The molecule has 0 amide bonds. The van der Waals surface area contributed by atoms with Crippen LogP contribution in [0.25, 0.3) is 0 Å². The maximum Gasteiger partial charge on any atom is 0.136 e. The third kappa shape index (κ3) is 3.46. The molecule has 1 aliphatic carbocycles. The summed E-state index contributed by atoms with van der Waals surface area (Å²) in [4.78, 5) is 11.8. The molecule has 2 aliphatic rings. The second-order valence-electron chi connectivity index (χ2n) is 6.56. The van der Waals surface area contributed by atoms with Crippen molar-refractivity contribution < 1.29 is 0 Å². The van der Waals surface area contributed by atoms with Crippen molar-refractivity contribution in [3.8, 4) is 0 Å². The lowest BCUT2D eigenvalue weighted by molar-refractivity contribution is 0.226. The quantitative estimate of drug-likeness (QED) is 0.872. The fourth-order valence-corrected chi connectivity index (χ4v) is 2.98. The number of piperidine rings is 1. The first-order chi connectivity index (χ1) is 10.2. The van der Waals surface area contributed by atoms with E-state index in [2.05, 4.69) is 34.5 Å². The van der Waals surface area contributed by atoms with Crippen LogP contribution in [0.4, 0.5) is 11.6 Å². The van der Waals surface area contributed by atoms with E-state index >= 15 is 0 Å². The lowest BCUT2D eigenvalue weighted by Gasteiger charge is -2.29. The van der Waals surface area contributed by atoms with Crippen LogP contribution in [0.1, 0.15) is 43.0 Å². The summed E-state index contributed by atoms with van der Waals surface area (Å²) in [7, 11) is 4.14. The first-order valence-electron chi connectivity index (χ1n) is 8.16. The van der Waals surface area contributed by atoms with Crippen molar-refractivity contribution in [2.75, 3.05) is 44.4 Å². The molecule has 3 rings (SSSR count). The molecular weight excluding hydrogens is 262 g/mol. The van der Waals surface area contributed by atoms with E-state index in [-0.39, 0.29) is 0 Å². The molecule has 1 aliphatic heterocycles. The van der Waals surface area contributed by atoms with E-state index < -0.39 is 0 Å². The fraction of sp³-hybridized carbons (Fsp3) is 0.750. The fourth-order valence-electron chi connectivity index (χ4n) is 2.98. The lowest BCUT2D eigenvalue weighted by atomic mass is 9.97. The average Bonchev–Trinajstić information content (AvgIpc) is 3.32. The van der Waals surface area contributed by atoms with Crippen LogP contribution in [0.5, 0.6) is 0 Å². The molecule has 2 N–H and O–H groups in total. The zero-order valence-electron chi connectivity index (χ0n) is 13.4. The number of nitrogens with one attached hydrogen (secondary N) is 2. The maximum absolute atomic E-state index is 4.77. The highest BCUT2D eigenvalue weighted by Gasteiger charge is 2.28. The highest BCUT2D eigenvalue weighted by molar-refractivity contribution is 5.57. The third-order valence-electron chi connectivity index (χ3n) is 4.74. The molecule has 21 heavy (non-hydrogen) atoms. The Bertz CT molecular complexity index is 490. The second-order valence-corrected chi connectivity index (χ2v) is 6.56. The highest BCUT2D eigenvalue weighted by Crippen LogP contribution is 2.39. The van der Waals surface area contributed by atoms with Crippen LogP contribution in [0, 0.1) is 12.8 Å². The molecule has 0 radical (unpaired) electrons. The van der Waals surface area contributed by atoms with Crippen LogP contribution in [0.2, 0.25) is 0 Å². The van der Waals surface area contributed by atoms with Gasteiger partial charge in [0, 0.05) is 25.1 Å². The summed E-state index contributed by atoms with van der Waals surface area (Å²) in [6, 6.07) is 0. The SMILES string of the molecule is CNc1nc(C2CC2)nc(NCC2CCN(C)CC2)c1C. The molecule has 1 aromatic rings. The highest BCUT2D eigenvalue weighted by atomic mass is 15.1.